The molecule has 24 heavy (non-hydrogen) atoms. The molecule has 0 spiro atoms. The number of carbonyl (C=O) groups excluding carboxylic acids is 1. The number of amides is 1. The molecule has 2 heterocycles. The maximum atomic E-state index is 13.0. The quantitative estimate of drug-likeness (QED) is 0.891. The fraction of sp³-hybridized carbons (Fsp3) is 0.667. The second-order valence-corrected chi connectivity index (χ2v) is 7.03. The Balaban J connectivity index is 2.29. The summed E-state index contributed by atoms with van der Waals surface area (Å²) in [5, 5.41) is 13.2. The zero-order valence-electron chi connectivity index (χ0n) is 13.9. The summed E-state index contributed by atoms with van der Waals surface area (Å²) in [6.45, 7) is 6.21. The molecule has 1 fully saturated rings. The average molecular weight is 347 g/mol. The summed E-state index contributed by atoms with van der Waals surface area (Å²) in [7, 11) is 0. The van der Waals surface area contributed by atoms with Crippen molar-refractivity contribution in [2.24, 2.45) is 11.8 Å². The molecule has 1 saturated heterocycles. The van der Waals surface area contributed by atoms with E-state index in [0.29, 0.717) is 5.69 Å². The number of carbonyl (C=O) groups is 2. The van der Waals surface area contributed by atoms with Crippen LogP contribution in [-0.2, 0) is 10.3 Å². The van der Waals surface area contributed by atoms with E-state index >= 15 is 0 Å². The van der Waals surface area contributed by atoms with Gasteiger partial charge >= 0.3 is 12.1 Å². The number of aliphatic carboxylic acids is 1. The molecule has 1 aliphatic rings. The number of carboxylic acid groups (broad SMARTS) is 1. The zero-order valence-corrected chi connectivity index (χ0v) is 13.9. The SMILES string of the molecule is Cc1c(C(=O)N2C[C@@H](C(F)(F)F)[C@H](C(=O)O)C2)cnn1C(C)(C)C. The normalized spacial score (nSPS) is 22.0. The number of carboxylic acids is 1. The van der Waals surface area contributed by atoms with Crippen LogP contribution in [0.5, 0.6) is 0 Å². The molecule has 134 valence electrons. The predicted octanol–water partition coefficient (Wildman–Crippen LogP) is 2.28. The highest BCUT2D eigenvalue weighted by molar-refractivity contribution is 5.95. The van der Waals surface area contributed by atoms with Gasteiger partial charge in [-0.25, -0.2) is 0 Å². The van der Waals surface area contributed by atoms with Gasteiger partial charge in [0.25, 0.3) is 5.91 Å². The Bertz CT molecular complexity index is 661. The van der Waals surface area contributed by atoms with Gasteiger partial charge in [-0.15, -0.1) is 0 Å². The van der Waals surface area contributed by atoms with Crippen LogP contribution in [-0.4, -0.2) is 50.9 Å². The van der Waals surface area contributed by atoms with Crippen LogP contribution in [0.4, 0.5) is 13.2 Å². The van der Waals surface area contributed by atoms with E-state index in [-0.39, 0.29) is 11.1 Å². The first-order chi connectivity index (χ1) is 10.8. The molecule has 0 unspecified atom stereocenters. The van der Waals surface area contributed by atoms with Crippen LogP contribution in [0.15, 0.2) is 6.20 Å². The van der Waals surface area contributed by atoms with Crippen molar-refractivity contribution >= 4 is 11.9 Å². The molecular formula is C15H20F3N3O3. The maximum absolute atomic E-state index is 13.0. The van der Waals surface area contributed by atoms with E-state index < -0.39 is 43.0 Å². The summed E-state index contributed by atoms with van der Waals surface area (Å²) >= 11 is 0. The predicted molar refractivity (Wildman–Crippen MR) is 78.5 cm³/mol. The van der Waals surface area contributed by atoms with Crippen LogP contribution < -0.4 is 0 Å². The first-order valence-electron chi connectivity index (χ1n) is 7.48. The van der Waals surface area contributed by atoms with Gasteiger partial charge in [-0.2, -0.15) is 18.3 Å². The highest BCUT2D eigenvalue weighted by atomic mass is 19.4. The lowest BCUT2D eigenvalue weighted by Crippen LogP contribution is -2.34. The number of halogens is 3. The minimum Gasteiger partial charge on any atom is -0.481 e. The summed E-state index contributed by atoms with van der Waals surface area (Å²) in [6.07, 6.45) is -3.34. The summed E-state index contributed by atoms with van der Waals surface area (Å²) in [5.41, 5.74) is 0.345. The van der Waals surface area contributed by atoms with Gasteiger partial charge < -0.3 is 10.0 Å². The van der Waals surface area contributed by atoms with Gasteiger partial charge in [0.15, 0.2) is 0 Å². The summed E-state index contributed by atoms with van der Waals surface area (Å²) < 4.78 is 40.7. The topological polar surface area (TPSA) is 75.4 Å². The van der Waals surface area contributed by atoms with E-state index in [1.54, 1.807) is 11.6 Å². The Hall–Kier alpha value is -2.06. The largest absolute Gasteiger partial charge is 0.481 e. The second kappa shape index (κ2) is 5.78. The molecule has 0 saturated carbocycles. The van der Waals surface area contributed by atoms with Gasteiger partial charge in [-0.1, -0.05) is 0 Å². The Morgan fingerprint density at radius 3 is 2.21 bits per heavy atom. The molecule has 0 radical (unpaired) electrons. The number of hydrogen-bond donors (Lipinski definition) is 1. The van der Waals surface area contributed by atoms with Crippen LogP contribution >= 0.6 is 0 Å². The minimum atomic E-state index is -4.66. The van der Waals surface area contributed by atoms with E-state index in [0.717, 1.165) is 4.90 Å². The molecule has 1 aromatic rings. The summed E-state index contributed by atoms with van der Waals surface area (Å²) in [4.78, 5) is 24.6. The van der Waals surface area contributed by atoms with Crippen LogP contribution in [0.25, 0.3) is 0 Å². The van der Waals surface area contributed by atoms with Crippen molar-refractivity contribution in [2.75, 3.05) is 13.1 Å². The second-order valence-electron chi connectivity index (χ2n) is 7.03. The third kappa shape index (κ3) is 3.25. The number of likely N-dealkylation sites (tertiary alicyclic amines) is 1. The number of hydrogen-bond acceptors (Lipinski definition) is 3. The Labute approximate surface area is 137 Å². The molecule has 1 aliphatic heterocycles. The number of nitrogens with zero attached hydrogens (tertiary/aromatic N) is 3. The molecule has 0 aliphatic carbocycles. The van der Waals surface area contributed by atoms with Crippen LogP contribution in [0.3, 0.4) is 0 Å². The highest BCUT2D eigenvalue weighted by Crippen LogP contribution is 2.38. The smallest absolute Gasteiger partial charge is 0.394 e. The average Bonchev–Trinajstić information content (AvgIpc) is 3.00. The first-order valence-corrected chi connectivity index (χ1v) is 7.48. The van der Waals surface area contributed by atoms with Crippen molar-refractivity contribution in [3.8, 4) is 0 Å². The standard InChI is InChI=1S/C15H20F3N3O3/c1-8-9(5-19-21(8)14(2,3)4)12(22)20-6-10(13(23)24)11(7-20)15(16,17)18/h5,10-11H,6-7H2,1-4H3,(H,23,24)/t10-,11-/m1/s1. The summed E-state index contributed by atoms with van der Waals surface area (Å²) in [5.74, 6) is -5.88. The molecule has 2 rings (SSSR count). The van der Waals surface area contributed by atoms with Crippen molar-refractivity contribution in [3.05, 3.63) is 17.5 Å². The van der Waals surface area contributed by atoms with Gasteiger partial charge in [0.05, 0.1) is 29.1 Å². The molecule has 1 aromatic heterocycles. The van der Waals surface area contributed by atoms with Crippen LogP contribution in [0, 0.1) is 18.8 Å². The molecule has 2 atom stereocenters. The third-order valence-corrected chi connectivity index (χ3v) is 4.22. The van der Waals surface area contributed by atoms with Crippen LogP contribution in [0.2, 0.25) is 0 Å². The van der Waals surface area contributed by atoms with E-state index in [4.69, 9.17) is 5.11 Å². The van der Waals surface area contributed by atoms with Crippen molar-refractivity contribution < 1.29 is 27.9 Å². The molecule has 9 heteroatoms. The number of rotatable bonds is 2. The fourth-order valence-electron chi connectivity index (χ4n) is 3.02. The van der Waals surface area contributed by atoms with Crippen molar-refractivity contribution in [3.63, 3.8) is 0 Å². The van der Waals surface area contributed by atoms with Gasteiger partial charge in [0.1, 0.15) is 0 Å². The van der Waals surface area contributed by atoms with E-state index in [1.807, 2.05) is 20.8 Å². The lowest BCUT2D eigenvalue weighted by atomic mass is 9.96. The molecule has 1 amide bonds. The van der Waals surface area contributed by atoms with Crippen molar-refractivity contribution in [1.82, 2.24) is 14.7 Å². The van der Waals surface area contributed by atoms with Crippen molar-refractivity contribution in [1.29, 1.82) is 0 Å². The van der Waals surface area contributed by atoms with E-state index in [1.165, 1.54) is 6.20 Å². The van der Waals surface area contributed by atoms with Gasteiger partial charge in [-0.05, 0) is 27.7 Å². The fourth-order valence-corrected chi connectivity index (χ4v) is 3.02. The first kappa shape index (κ1) is 18.3. The van der Waals surface area contributed by atoms with Gasteiger partial charge in [0, 0.05) is 18.8 Å². The third-order valence-electron chi connectivity index (χ3n) is 4.22. The highest BCUT2D eigenvalue weighted by Gasteiger charge is 2.53. The minimum absolute atomic E-state index is 0.192. The lowest BCUT2D eigenvalue weighted by molar-refractivity contribution is -0.187. The molecule has 0 bridgehead atoms. The monoisotopic (exact) mass is 347 g/mol. The number of aromatic nitrogens is 2. The molecule has 0 aromatic carbocycles. The maximum Gasteiger partial charge on any atom is 0.394 e. The number of alkyl halides is 3. The van der Waals surface area contributed by atoms with Gasteiger partial charge in [0.2, 0.25) is 0 Å². The zero-order chi connectivity index (χ0) is 18.4. The van der Waals surface area contributed by atoms with Crippen molar-refractivity contribution in [2.45, 2.75) is 39.4 Å². The van der Waals surface area contributed by atoms with Gasteiger partial charge in [-0.3, -0.25) is 14.3 Å². The Kier molecular flexibility index (Phi) is 4.41. The van der Waals surface area contributed by atoms with E-state index in [9.17, 15) is 22.8 Å². The molecule has 6 nitrogen and oxygen atoms in total. The molecular weight excluding hydrogens is 327 g/mol. The summed E-state index contributed by atoms with van der Waals surface area (Å²) in [6, 6.07) is 0. The van der Waals surface area contributed by atoms with Crippen LogP contribution in [0.1, 0.15) is 36.8 Å². The Morgan fingerprint density at radius 1 is 1.25 bits per heavy atom. The molecule has 1 N–H and O–H groups in total. The lowest BCUT2D eigenvalue weighted by Gasteiger charge is -2.22. The Morgan fingerprint density at radius 2 is 1.83 bits per heavy atom. The van der Waals surface area contributed by atoms with E-state index in [2.05, 4.69) is 5.10 Å².